The second kappa shape index (κ2) is 6.31. The van der Waals surface area contributed by atoms with Gasteiger partial charge in [0.1, 0.15) is 11.5 Å². The number of Topliss-reactive ketones (excluding diaryl/α,β-unsaturated/α-hetero) is 1. The Hall–Kier alpha value is -2.81. The zero-order valence-corrected chi connectivity index (χ0v) is 11.2. The number of hydrogen-bond donors (Lipinski definition) is 0. The number of rotatable bonds is 4. The van der Waals surface area contributed by atoms with Crippen LogP contribution in [-0.4, -0.2) is 5.78 Å². The second-order valence-corrected chi connectivity index (χ2v) is 4.41. The van der Waals surface area contributed by atoms with Gasteiger partial charge in [0.15, 0.2) is 5.78 Å². The van der Waals surface area contributed by atoms with Crippen LogP contribution >= 0.6 is 0 Å². The van der Waals surface area contributed by atoms with E-state index in [0.29, 0.717) is 11.3 Å². The highest BCUT2D eigenvalue weighted by Gasteiger charge is 2.30. The third kappa shape index (κ3) is 3.85. The van der Waals surface area contributed by atoms with Crippen LogP contribution in [0.25, 0.3) is 0 Å². The van der Waals surface area contributed by atoms with Crippen molar-refractivity contribution in [3.05, 3.63) is 59.7 Å². The number of nitriles is 1. The van der Waals surface area contributed by atoms with Gasteiger partial charge >= 0.3 is 6.18 Å². The average Bonchev–Trinajstić information content (AvgIpc) is 2.48. The molecule has 0 radical (unpaired) electrons. The molecule has 0 amide bonds. The fourth-order valence-corrected chi connectivity index (χ4v) is 1.75. The summed E-state index contributed by atoms with van der Waals surface area (Å²) in [7, 11) is 0. The van der Waals surface area contributed by atoms with Crippen LogP contribution in [-0.2, 0) is 6.18 Å². The molecule has 22 heavy (non-hydrogen) atoms. The Morgan fingerprint density at radius 1 is 1.09 bits per heavy atom. The van der Waals surface area contributed by atoms with Crippen LogP contribution in [0.15, 0.2) is 48.5 Å². The van der Waals surface area contributed by atoms with Crippen molar-refractivity contribution in [1.29, 1.82) is 5.26 Å². The number of alkyl halides is 3. The molecule has 2 rings (SSSR count). The van der Waals surface area contributed by atoms with Gasteiger partial charge in [-0.2, -0.15) is 18.4 Å². The topological polar surface area (TPSA) is 50.1 Å². The molecule has 0 saturated carbocycles. The molecule has 0 heterocycles. The number of halogens is 3. The first-order valence-electron chi connectivity index (χ1n) is 6.25. The Kier molecular flexibility index (Phi) is 4.47. The number of ether oxygens (including phenoxy) is 1. The van der Waals surface area contributed by atoms with Gasteiger partial charge in [-0.1, -0.05) is 6.07 Å². The molecular formula is C16H10F3NO2. The summed E-state index contributed by atoms with van der Waals surface area (Å²) in [6.45, 7) is 0. The predicted octanol–water partition coefficient (Wildman–Crippen LogP) is 4.59. The zero-order valence-electron chi connectivity index (χ0n) is 11.2. The summed E-state index contributed by atoms with van der Waals surface area (Å²) >= 11 is 0. The van der Waals surface area contributed by atoms with E-state index in [2.05, 4.69) is 0 Å². The van der Waals surface area contributed by atoms with Gasteiger partial charge in [-0.25, -0.2) is 0 Å². The summed E-state index contributed by atoms with van der Waals surface area (Å²) in [6, 6.07) is 12.1. The van der Waals surface area contributed by atoms with E-state index in [9.17, 15) is 18.0 Å². The maximum atomic E-state index is 12.6. The zero-order chi connectivity index (χ0) is 16.2. The molecule has 3 nitrogen and oxygen atoms in total. The standard InChI is InChI=1S/C16H10F3NO2/c17-16(18,19)12-2-1-3-14(10-12)22-13-6-4-11(5-7-13)15(21)8-9-20/h1-7,10H,8H2. The van der Waals surface area contributed by atoms with E-state index in [1.54, 1.807) is 6.07 Å². The van der Waals surface area contributed by atoms with Crippen molar-refractivity contribution in [2.24, 2.45) is 0 Å². The number of carbonyl (C=O) groups is 1. The van der Waals surface area contributed by atoms with Crippen LogP contribution in [0, 0.1) is 11.3 Å². The van der Waals surface area contributed by atoms with Gasteiger partial charge in [-0.15, -0.1) is 0 Å². The molecule has 0 aliphatic heterocycles. The van der Waals surface area contributed by atoms with Crippen LogP contribution in [0.2, 0.25) is 0 Å². The first kappa shape index (κ1) is 15.6. The SMILES string of the molecule is N#CCC(=O)c1ccc(Oc2cccc(C(F)(F)F)c2)cc1. The fourth-order valence-electron chi connectivity index (χ4n) is 1.75. The quantitative estimate of drug-likeness (QED) is 0.776. The van der Waals surface area contributed by atoms with Gasteiger partial charge in [0.05, 0.1) is 18.1 Å². The lowest BCUT2D eigenvalue weighted by molar-refractivity contribution is -0.137. The highest BCUT2D eigenvalue weighted by atomic mass is 19.4. The molecule has 0 spiro atoms. The smallest absolute Gasteiger partial charge is 0.416 e. The number of nitrogens with zero attached hydrogens (tertiary/aromatic N) is 1. The molecule has 0 fully saturated rings. The van der Waals surface area contributed by atoms with Crippen LogP contribution in [0.1, 0.15) is 22.3 Å². The molecule has 2 aromatic carbocycles. The molecule has 0 saturated heterocycles. The Labute approximate surface area is 124 Å². The maximum absolute atomic E-state index is 12.6. The number of carbonyl (C=O) groups excluding carboxylic acids is 1. The molecular weight excluding hydrogens is 295 g/mol. The lowest BCUT2D eigenvalue weighted by Crippen LogP contribution is -2.04. The summed E-state index contributed by atoms with van der Waals surface area (Å²) in [5.74, 6) is 0.0203. The molecule has 2 aromatic rings. The molecule has 0 atom stereocenters. The number of ketones is 1. The molecule has 0 aliphatic carbocycles. The maximum Gasteiger partial charge on any atom is 0.416 e. The minimum absolute atomic E-state index is 0.0472. The van der Waals surface area contributed by atoms with Gasteiger partial charge in [0.2, 0.25) is 0 Å². The monoisotopic (exact) mass is 305 g/mol. The van der Waals surface area contributed by atoms with E-state index < -0.39 is 11.7 Å². The van der Waals surface area contributed by atoms with Gasteiger partial charge in [-0.05, 0) is 42.5 Å². The van der Waals surface area contributed by atoms with E-state index >= 15 is 0 Å². The van der Waals surface area contributed by atoms with E-state index in [-0.39, 0.29) is 18.0 Å². The van der Waals surface area contributed by atoms with E-state index in [1.807, 2.05) is 0 Å². The first-order chi connectivity index (χ1) is 10.4. The number of hydrogen-bond acceptors (Lipinski definition) is 3. The van der Waals surface area contributed by atoms with Crippen LogP contribution in [0.3, 0.4) is 0 Å². The summed E-state index contributed by atoms with van der Waals surface area (Å²) < 4.78 is 43.1. The number of benzene rings is 2. The minimum atomic E-state index is -4.44. The molecule has 0 aromatic heterocycles. The van der Waals surface area contributed by atoms with Crippen molar-refractivity contribution in [2.75, 3.05) is 0 Å². The van der Waals surface area contributed by atoms with E-state index in [0.717, 1.165) is 12.1 Å². The molecule has 0 unspecified atom stereocenters. The Bertz CT molecular complexity index is 715. The molecule has 112 valence electrons. The summed E-state index contributed by atoms with van der Waals surface area (Å²) in [5.41, 5.74) is -0.455. The third-order valence-corrected chi connectivity index (χ3v) is 2.81. The van der Waals surface area contributed by atoms with Crippen LogP contribution < -0.4 is 4.74 Å². The van der Waals surface area contributed by atoms with Gasteiger partial charge in [0, 0.05) is 5.56 Å². The van der Waals surface area contributed by atoms with E-state index in [4.69, 9.17) is 10.00 Å². The Morgan fingerprint density at radius 2 is 1.77 bits per heavy atom. The van der Waals surface area contributed by atoms with Crippen LogP contribution in [0.5, 0.6) is 11.5 Å². The second-order valence-electron chi connectivity index (χ2n) is 4.41. The summed E-state index contributed by atoms with van der Waals surface area (Å²) in [6.07, 6.45) is -4.67. The Morgan fingerprint density at radius 3 is 2.36 bits per heavy atom. The highest BCUT2D eigenvalue weighted by molar-refractivity contribution is 5.97. The summed E-state index contributed by atoms with van der Waals surface area (Å²) in [4.78, 5) is 11.5. The van der Waals surface area contributed by atoms with Crippen molar-refractivity contribution in [2.45, 2.75) is 12.6 Å². The molecule has 6 heteroatoms. The largest absolute Gasteiger partial charge is 0.457 e. The Balaban J connectivity index is 2.15. The van der Waals surface area contributed by atoms with Crippen molar-refractivity contribution < 1.29 is 22.7 Å². The average molecular weight is 305 g/mol. The van der Waals surface area contributed by atoms with Crippen molar-refractivity contribution >= 4 is 5.78 Å². The van der Waals surface area contributed by atoms with Crippen LogP contribution in [0.4, 0.5) is 13.2 Å². The molecule has 0 bridgehead atoms. The minimum Gasteiger partial charge on any atom is -0.457 e. The van der Waals surface area contributed by atoms with Crippen molar-refractivity contribution in [3.8, 4) is 17.6 Å². The fraction of sp³-hybridized carbons (Fsp3) is 0.125. The molecule has 0 N–H and O–H groups in total. The highest BCUT2D eigenvalue weighted by Crippen LogP contribution is 2.32. The third-order valence-electron chi connectivity index (χ3n) is 2.81. The van der Waals surface area contributed by atoms with Gasteiger partial charge in [-0.3, -0.25) is 4.79 Å². The predicted molar refractivity (Wildman–Crippen MR) is 72.5 cm³/mol. The van der Waals surface area contributed by atoms with Gasteiger partial charge in [0.25, 0.3) is 0 Å². The lowest BCUT2D eigenvalue weighted by atomic mass is 10.1. The van der Waals surface area contributed by atoms with Crippen molar-refractivity contribution in [3.63, 3.8) is 0 Å². The normalized spacial score (nSPS) is 10.8. The molecule has 0 aliphatic rings. The van der Waals surface area contributed by atoms with E-state index in [1.165, 1.54) is 36.4 Å². The first-order valence-corrected chi connectivity index (χ1v) is 6.25. The lowest BCUT2D eigenvalue weighted by Gasteiger charge is -2.10. The summed E-state index contributed by atoms with van der Waals surface area (Å²) in [5, 5.41) is 8.45. The van der Waals surface area contributed by atoms with Gasteiger partial charge < -0.3 is 4.74 Å². The van der Waals surface area contributed by atoms with Crippen molar-refractivity contribution in [1.82, 2.24) is 0 Å².